The first kappa shape index (κ1) is 24.4. The Balaban J connectivity index is 1.37. The molecule has 0 saturated carbocycles. The van der Waals surface area contributed by atoms with Crippen molar-refractivity contribution >= 4 is 25.5 Å². The zero-order valence-corrected chi connectivity index (χ0v) is 18.9. The lowest BCUT2D eigenvalue weighted by Gasteiger charge is -2.17. The fourth-order valence-corrected chi connectivity index (χ4v) is 3.65. The molecule has 0 saturated heterocycles. The Morgan fingerprint density at radius 3 is 2.94 bits per heavy atom. The molecule has 0 atom stereocenters. The Kier molecular flexibility index (Phi) is 7.44. The Labute approximate surface area is 203 Å². The van der Waals surface area contributed by atoms with Crippen molar-refractivity contribution in [3.05, 3.63) is 59.4 Å². The number of nitrogen functional groups attached to an aromatic ring is 1. The Morgan fingerprint density at radius 1 is 1.29 bits per heavy atom. The lowest BCUT2D eigenvalue weighted by atomic mass is 10.1. The summed E-state index contributed by atoms with van der Waals surface area (Å²) >= 11 is 0. The number of hydrogen-bond donors (Lipinski definition) is 5. The zero-order valence-electron chi connectivity index (χ0n) is 18.9. The number of carbonyl (C=O) groups is 1. The molecule has 11 nitrogen and oxygen atoms in total. The molecule has 3 aromatic rings. The maximum atomic E-state index is 12.4. The van der Waals surface area contributed by atoms with Crippen LogP contribution in [0.1, 0.15) is 27.9 Å². The van der Waals surface area contributed by atoms with Gasteiger partial charge in [-0.2, -0.15) is 0 Å². The molecule has 0 fully saturated rings. The van der Waals surface area contributed by atoms with Gasteiger partial charge in [-0.25, -0.2) is 15.0 Å². The number of benzene rings is 1. The van der Waals surface area contributed by atoms with Crippen LogP contribution in [-0.2, 0) is 17.7 Å². The third kappa shape index (κ3) is 6.44. The van der Waals surface area contributed by atoms with E-state index in [-0.39, 0.29) is 25.0 Å². The molecule has 4 rings (SSSR count). The molecular weight excluding hydrogens is 451 g/mol. The fraction of sp³-hybridized carbons (Fsp3) is 0.304. The number of aliphatic hydroxyl groups is 2. The first-order chi connectivity index (χ1) is 16.8. The highest BCUT2D eigenvalue weighted by molar-refractivity contribution is 6.11. The van der Waals surface area contributed by atoms with Crippen molar-refractivity contribution < 1.29 is 24.5 Å². The van der Waals surface area contributed by atoms with E-state index in [1.165, 1.54) is 0 Å². The molecule has 1 aliphatic rings. The van der Waals surface area contributed by atoms with Gasteiger partial charge in [0.15, 0.2) is 7.85 Å². The van der Waals surface area contributed by atoms with Gasteiger partial charge >= 0.3 is 0 Å². The van der Waals surface area contributed by atoms with E-state index >= 15 is 0 Å². The third-order valence-electron chi connectivity index (χ3n) is 5.25. The number of nitrogens with zero attached hydrogens (tertiary/aromatic N) is 3. The van der Waals surface area contributed by atoms with Gasteiger partial charge < -0.3 is 36.1 Å². The normalized spacial score (nSPS) is 12.6. The SMILES string of the molecule is [B]C(O)(O)OCCCNC(=O)c1cccc(CNc2ncc(-c3ccnc(N)n3)c3c2CCO3)c1. The number of nitrogens with one attached hydrogen (secondary N) is 2. The van der Waals surface area contributed by atoms with Gasteiger partial charge in [-0.3, -0.25) is 4.79 Å². The van der Waals surface area contributed by atoms with Gasteiger partial charge in [0.1, 0.15) is 11.6 Å². The molecule has 12 heteroatoms. The van der Waals surface area contributed by atoms with Crippen molar-refractivity contribution in [2.24, 2.45) is 0 Å². The fourth-order valence-electron chi connectivity index (χ4n) is 3.65. The second-order valence-corrected chi connectivity index (χ2v) is 7.90. The molecule has 0 aliphatic carbocycles. The third-order valence-corrected chi connectivity index (χ3v) is 5.25. The van der Waals surface area contributed by atoms with Gasteiger partial charge in [-0.15, -0.1) is 0 Å². The quantitative estimate of drug-likeness (QED) is 0.159. The van der Waals surface area contributed by atoms with Crippen LogP contribution < -0.4 is 21.1 Å². The van der Waals surface area contributed by atoms with Gasteiger partial charge in [0.25, 0.3) is 5.91 Å². The maximum absolute atomic E-state index is 12.4. The maximum Gasteiger partial charge on any atom is 0.251 e. The Morgan fingerprint density at radius 2 is 2.14 bits per heavy atom. The van der Waals surface area contributed by atoms with E-state index in [0.717, 1.165) is 22.4 Å². The number of nitrogens with two attached hydrogens (primary N) is 1. The molecule has 0 spiro atoms. The van der Waals surface area contributed by atoms with Crippen molar-refractivity contribution in [2.45, 2.75) is 25.3 Å². The van der Waals surface area contributed by atoms with E-state index in [4.69, 9.17) is 28.5 Å². The lowest BCUT2D eigenvalue weighted by molar-refractivity contribution is -0.274. The van der Waals surface area contributed by atoms with Crippen LogP contribution in [0.25, 0.3) is 11.3 Å². The number of fused-ring (bicyclic) bond motifs is 1. The molecule has 3 heterocycles. The molecule has 6 N–H and O–H groups in total. The van der Waals surface area contributed by atoms with Crippen LogP contribution in [0.15, 0.2) is 42.7 Å². The van der Waals surface area contributed by atoms with Crippen molar-refractivity contribution in [3.8, 4) is 17.0 Å². The summed E-state index contributed by atoms with van der Waals surface area (Å²) in [7, 11) is 4.90. The summed E-state index contributed by atoms with van der Waals surface area (Å²) < 4.78 is 10.4. The van der Waals surface area contributed by atoms with E-state index in [2.05, 4.69) is 30.3 Å². The number of amides is 1. The summed E-state index contributed by atoms with van der Waals surface area (Å²) in [5, 5.41) is 23.9. The predicted molar refractivity (Wildman–Crippen MR) is 128 cm³/mol. The molecule has 180 valence electrons. The monoisotopic (exact) mass is 476 g/mol. The molecule has 2 radical (unpaired) electrons. The smallest absolute Gasteiger partial charge is 0.251 e. The van der Waals surface area contributed by atoms with Gasteiger partial charge in [-0.05, 0) is 30.2 Å². The number of rotatable bonds is 10. The van der Waals surface area contributed by atoms with Crippen molar-refractivity contribution in [1.29, 1.82) is 0 Å². The molecule has 1 aliphatic heterocycles. The number of aromatic nitrogens is 3. The molecule has 35 heavy (non-hydrogen) atoms. The van der Waals surface area contributed by atoms with Crippen molar-refractivity contribution in [2.75, 3.05) is 30.8 Å². The number of anilines is 2. The summed E-state index contributed by atoms with van der Waals surface area (Å²) in [6.45, 7) is 1.28. The van der Waals surface area contributed by atoms with Gasteiger partial charge in [-0.1, -0.05) is 12.1 Å². The predicted octanol–water partition coefficient (Wildman–Crippen LogP) is 0.569. The van der Waals surface area contributed by atoms with Crippen LogP contribution in [0.3, 0.4) is 0 Å². The minimum atomic E-state index is -2.67. The molecule has 1 aromatic carbocycles. The molecule has 0 bridgehead atoms. The minimum Gasteiger partial charge on any atom is -0.492 e. The van der Waals surface area contributed by atoms with E-state index < -0.39 is 5.87 Å². The number of pyridine rings is 1. The zero-order chi connectivity index (χ0) is 24.8. The Bertz CT molecular complexity index is 1200. The topological polar surface area (TPSA) is 165 Å². The van der Waals surface area contributed by atoms with Crippen molar-refractivity contribution in [3.63, 3.8) is 0 Å². The van der Waals surface area contributed by atoms with E-state index in [1.807, 2.05) is 6.07 Å². The van der Waals surface area contributed by atoms with Crippen LogP contribution in [0, 0.1) is 0 Å². The van der Waals surface area contributed by atoms with Gasteiger partial charge in [0.2, 0.25) is 11.8 Å². The first-order valence-corrected chi connectivity index (χ1v) is 11.0. The molecule has 0 unspecified atom stereocenters. The highest BCUT2D eigenvalue weighted by Crippen LogP contribution is 2.39. The summed E-state index contributed by atoms with van der Waals surface area (Å²) in [5.74, 6) is -1.30. The van der Waals surface area contributed by atoms with Gasteiger partial charge in [0, 0.05) is 43.0 Å². The van der Waals surface area contributed by atoms with Crippen LogP contribution >= 0.6 is 0 Å². The van der Waals surface area contributed by atoms with Crippen LogP contribution in [0.4, 0.5) is 11.8 Å². The first-order valence-electron chi connectivity index (χ1n) is 11.0. The number of carbonyl (C=O) groups excluding carboxylic acids is 1. The lowest BCUT2D eigenvalue weighted by Crippen LogP contribution is -2.33. The highest BCUT2D eigenvalue weighted by Gasteiger charge is 2.23. The number of ether oxygens (including phenoxy) is 2. The summed E-state index contributed by atoms with van der Waals surface area (Å²) in [5.41, 5.74) is 9.49. The standard InChI is InChI=1S/C23H25BN6O5/c24-23(32,33)35-9-2-7-26-21(31)15-4-1-3-14(11-15)12-28-20-16-6-10-34-19(16)17(13-29-20)18-5-8-27-22(25)30-18/h1,3-5,8,11,13,32-33H,2,6-7,9-10,12H2,(H,26,31)(H,28,29)(H2,25,27,30). The summed E-state index contributed by atoms with van der Waals surface area (Å²) in [6, 6.07) is 8.99. The van der Waals surface area contributed by atoms with Crippen molar-refractivity contribution in [1.82, 2.24) is 20.3 Å². The number of hydrogen-bond acceptors (Lipinski definition) is 10. The van der Waals surface area contributed by atoms with E-state index in [1.54, 1.807) is 36.7 Å². The highest BCUT2D eigenvalue weighted by atomic mass is 16.8. The second kappa shape index (κ2) is 10.7. The second-order valence-electron chi connectivity index (χ2n) is 7.90. The minimum absolute atomic E-state index is 0.0157. The average molecular weight is 476 g/mol. The van der Waals surface area contributed by atoms with Gasteiger partial charge in [0.05, 0.1) is 24.5 Å². The van der Waals surface area contributed by atoms with Crippen LogP contribution in [0.5, 0.6) is 5.75 Å². The van der Waals surface area contributed by atoms with E-state index in [9.17, 15) is 4.79 Å². The molecule has 2 aromatic heterocycles. The molecular formula is C23H25BN6O5. The van der Waals surface area contributed by atoms with Crippen LogP contribution in [-0.4, -0.2) is 64.5 Å². The largest absolute Gasteiger partial charge is 0.492 e. The van der Waals surface area contributed by atoms with E-state index in [0.29, 0.717) is 43.1 Å². The summed E-state index contributed by atoms with van der Waals surface area (Å²) in [4.78, 5) is 25.2. The average Bonchev–Trinajstić information content (AvgIpc) is 3.32. The van der Waals surface area contributed by atoms with Crippen LogP contribution in [0.2, 0.25) is 0 Å². The summed E-state index contributed by atoms with van der Waals surface area (Å²) in [6.07, 6.45) is 4.37. The Hall–Kier alpha value is -3.74. The molecule has 1 amide bonds.